The molecule has 1 atom stereocenters. The number of amides is 1. The highest BCUT2D eigenvalue weighted by Gasteiger charge is 2.33. The van der Waals surface area contributed by atoms with Crippen LogP contribution in [-0.4, -0.2) is 30.6 Å². The molecule has 3 rings (SSSR count). The van der Waals surface area contributed by atoms with E-state index in [2.05, 4.69) is 15.2 Å². The summed E-state index contributed by atoms with van der Waals surface area (Å²) in [6, 6.07) is 14.5. The number of methoxy groups -OCH3 is 1. The molecule has 0 saturated heterocycles. The lowest BCUT2D eigenvalue weighted by atomic mass is 10.1. The molecule has 1 N–H and O–H groups in total. The molecule has 7 heteroatoms. The highest BCUT2D eigenvalue weighted by molar-refractivity contribution is 6.39. The fourth-order valence-corrected chi connectivity index (χ4v) is 2.57. The molecular formula is C19H17N3O4. The van der Waals surface area contributed by atoms with Gasteiger partial charge in [0.25, 0.3) is 5.91 Å². The van der Waals surface area contributed by atoms with E-state index in [-0.39, 0.29) is 17.5 Å². The maximum atomic E-state index is 12.9. The third-order valence-corrected chi connectivity index (χ3v) is 3.93. The van der Waals surface area contributed by atoms with E-state index < -0.39 is 12.0 Å². The predicted molar refractivity (Wildman–Crippen MR) is 95.7 cm³/mol. The minimum Gasteiger partial charge on any atom is -0.465 e. The van der Waals surface area contributed by atoms with Crippen LogP contribution in [0.1, 0.15) is 28.9 Å². The van der Waals surface area contributed by atoms with Crippen molar-refractivity contribution < 1.29 is 19.1 Å². The Hall–Kier alpha value is -3.48. The molecule has 0 fully saturated rings. The lowest BCUT2D eigenvalue weighted by molar-refractivity contribution is -0.120. The molecule has 2 aromatic rings. The molecule has 2 aromatic carbocycles. The number of esters is 1. The number of anilines is 1. The molecule has 1 aliphatic heterocycles. The molecule has 132 valence electrons. The molecule has 0 aliphatic carbocycles. The summed E-state index contributed by atoms with van der Waals surface area (Å²) in [5.41, 5.74) is 4.28. The van der Waals surface area contributed by atoms with Gasteiger partial charge in [-0.2, -0.15) is 0 Å². The van der Waals surface area contributed by atoms with Gasteiger partial charge in [0.2, 0.25) is 0 Å². The van der Waals surface area contributed by atoms with Crippen molar-refractivity contribution in [3.05, 3.63) is 65.7 Å². The van der Waals surface area contributed by atoms with Crippen molar-refractivity contribution in [1.29, 1.82) is 0 Å². The zero-order valence-electron chi connectivity index (χ0n) is 14.3. The van der Waals surface area contributed by atoms with Gasteiger partial charge in [-0.1, -0.05) is 30.3 Å². The number of carbonyl (C=O) groups is 3. The van der Waals surface area contributed by atoms with Crippen LogP contribution in [0, 0.1) is 0 Å². The van der Waals surface area contributed by atoms with Gasteiger partial charge in [-0.3, -0.25) is 15.0 Å². The van der Waals surface area contributed by atoms with E-state index in [4.69, 9.17) is 0 Å². The number of ketones is 1. The second-order valence-electron chi connectivity index (χ2n) is 5.67. The average Bonchev–Trinajstić information content (AvgIpc) is 2.68. The number of Topliss-reactive ketones (excluding diaryl/α,β-unsaturated/α-hetero) is 1. The second-order valence-corrected chi connectivity index (χ2v) is 5.67. The van der Waals surface area contributed by atoms with Crippen LogP contribution in [0.2, 0.25) is 0 Å². The number of nitrogens with zero attached hydrogens (tertiary/aromatic N) is 2. The highest BCUT2D eigenvalue weighted by Crippen LogP contribution is 2.26. The molecule has 0 spiro atoms. The van der Waals surface area contributed by atoms with Crippen LogP contribution in [0.25, 0.3) is 0 Å². The van der Waals surface area contributed by atoms with E-state index in [1.165, 1.54) is 19.0 Å². The second kappa shape index (κ2) is 7.18. The molecule has 0 aromatic heterocycles. The Morgan fingerprint density at radius 2 is 1.73 bits per heavy atom. The number of hydrazine groups is 1. The van der Waals surface area contributed by atoms with Gasteiger partial charge in [0.05, 0.1) is 18.4 Å². The lowest BCUT2D eigenvalue weighted by Gasteiger charge is -2.31. The fourth-order valence-electron chi connectivity index (χ4n) is 2.57. The van der Waals surface area contributed by atoms with Crippen LogP contribution >= 0.6 is 0 Å². The van der Waals surface area contributed by atoms with Crippen LogP contribution in [0.3, 0.4) is 0 Å². The number of aliphatic imine (C=N–C) groups is 1. The first kappa shape index (κ1) is 17.3. The molecule has 1 heterocycles. The first-order valence-electron chi connectivity index (χ1n) is 7.94. The van der Waals surface area contributed by atoms with Crippen molar-refractivity contribution in [2.24, 2.45) is 4.99 Å². The Balaban J connectivity index is 1.97. The third-order valence-electron chi connectivity index (χ3n) is 3.93. The van der Waals surface area contributed by atoms with E-state index in [9.17, 15) is 14.4 Å². The molecule has 0 radical (unpaired) electrons. The predicted octanol–water partition coefficient (Wildman–Crippen LogP) is 2.05. The number of amidine groups is 1. The summed E-state index contributed by atoms with van der Waals surface area (Å²) in [6.45, 7) is 1.38. The molecule has 1 unspecified atom stereocenters. The molecule has 0 saturated carbocycles. The standard InChI is InChI=1S/C19H17N3O4/c1-12(23)17-20-16(13-6-4-3-5-7-13)18(24)22(21-17)15-10-8-14(9-11-15)19(25)26-2/h3-11,16H,1-2H3,(H,20,21). The number of benzene rings is 2. The summed E-state index contributed by atoms with van der Waals surface area (Å²) >= 11 is 0. The summed E-state index contributed by atoms with van der Waals surface area (Å²) in [7, 11) is 1.30. The molecule has 26 heavy (non-hydrogen) atoms. The number of ether oxygens (including phenoxy) is 1. The Bertz CT molecular complexity index is 875. The lowest BCUT2D eigenvalue weighted by Crippen LogP contribution is -2.54. The van der Waals surface area contributed by atoms with Crippen LogP contribution in [-0.2, 0) is 14.3 Å². The van der Waals surface area contributed by atoms with E-state index in [1.54, 1.807) is 36.4 Å². The number of rotatable bonds is 4. The van der Waals surface area contributed by atoms with Crippen LogP contribution in [0.5, 0.6) is 0 Å². The van der Waals surface area contributed by atoms with Gasteiger partial charge >= 0.3 is 5.97 Å². The first-order chi connectivity index (χ1) is 12.5. The monoisotopic (exact) mass is 351 g/mol. The Labute approximate surface area is 150 Å². The largest absolute Gasteiger partial charge is 0.465 e. The maximum Gasteiger partial charge on any atom is 0.337 e. The van der Waals surface area contributed by atoms with Crippen LogP contribution in [0.15, 0.2) is 59.6 Å². The van der Waals surface area contributed by atoms with Crippen LogP contribution in [0.4, 0.5) is 5.69 Å². The topological polar surface area (TPSA) is 88.1 Å². The van der Waals surface area contributed by atoms with Gasteiger partial charge in [0.15, 0.2) is 17.7 Å². The molecule has 1 aliphatic rings. The zero-order chi connectivity index (χ0) is 18.7. The highest BCUT2D eigenvalue weighted by atomic mass is 16.5. The quantitative estimate of drug-likeness (QED) is 0.852. The van der Waals surface area contributed by atoms with Gasteiger partial charge in [-0.15, -0.1) is 0 Å². The van der Waals surface area contributed by atoms with Crippen molar-refractivity contribution in [1.82, 2.24) is 5.43 Å². The molecular weight excluding hydrogens is 334 g/mol. The minimum absolute atomic E-state index is 0.0931. The molecule has 1 amide bonds. The minimum atomic E-state index is -0.823. The number of hydrogen-bond acceptors (Lipinski definition) is 6. The molecule has 0 bridgehead atoms. The van der Waals surface area contributed by atoms with E-state index in [0.29, 0.717) is 16.8 Å². The Morgan fingerprint density at radius 1 is 1.08 bits per heavy atom. The summed E-state index contributed by atoms with van der Waals surface area (Å²) in [6.07, 6.45) is 0. The maximum absolute atomic E-state index is 12.9. The molecule has 7 nitrogen and oxygen atoms in total. The van der Waals surface area contributed by atoms with E-state index in [0.717, 1.165) is 0 Å². The zero-order valence-corrected chi connectivity index (χ0v) is 14.3. The summed E-state index contributed by atoms with van der Waals surface area (Å²) in [5, 5.41) is 1.27. The van der Waals surface area contributed by atoms with Crippen molar-refractivity contribution in [3.63, 3.8) is 0 Å². The van der Waals surface area contributed by atoms with Gasteiger partial charge in [-0.05, 0) is 29.8 Å². The van der Waals surface area contributed by atoms with Gasteiger partial charge in [-0.25, -0.2) is 14.8 Å². The van der Waals surface area contributed by atoms with Gasteiger partial charge in [0, 0.05) is 6.92 Å². The SMILES string of the molecule is COC(=O)c1ccc(N2NC(C(C)=O)=NC(c3ccccc3)C2=O)cc1. The van der Waals surface area contributed by atoms with Crippen LogP contribution < -0.4 is 10.4 Å². The van der Waals surface area contributed by atoms with Crippen molar-refractivity contribution >= 4 is 29.2 Å². The number of nitrogens with one attached hydrogen (secondary N) is 1. The summed E-state index contributed by atoms with van der Waals surface area (Å²) in [4.78, 5) is 40.6. The summed E-state index contributed by atoms with van der Waals surface area (Å²) in [5.74, 6) is -0.986. The third kappa shape index (κ3) is 3.32. The number of hydrogen-bond donors (Lipinski definition) is 1. The average molecular weight is 351 g/mol. The Morgan fingerprint density at radius 3 is 2.31 bits per heavy atom. The van der Waals surface area contributed by atoms with Gasteiger partial charge in [0.1, 0.15) is 0 Å². The van der Waals surface area contributed by atoms with Gasteiger partial charge < -0.3 is 4.74 Å². The fraction of sp³-hybridized carbons (Fsp3) is 0.158. The smallest absolute Gasteiger partial charge is 0.337 e. The van der Waals surface area contributed by atoms with Crippen molar-refractivity contribution in [3.8, 4) is 0 Å². The van der Waals surface area contributed by atoms with E-state index >= 15 is 0 Å². The van der Waals surface area contributed by atoms with Crippen molar-refractivity contribution in [2.45, 2.75) is 13.0 Å². The first-order valence-corrected chi connectivity index (χ1v) is 7.94. The Kier molecular flexibility index (Phi) is 4.79. The van der Waals surface area contributed by atoms with Crippen molar-refractivity contribution in [2.75, 3.05) is 12.1 Å². The number of carbonyl (C=O) groups excluding carboxylic acids is 3. The normalized spacial score (nSPS) is 16.5. The van der Waals surface area contributed by atoms with E-state index in [1.807, 2.05) is 18.2 Å². The summed E-state index contributed by atoms with van der Waals surface area (Å²) < 4.78 is 4.67.